The van der Waals surface area contributed by atoms with Gasteiger partial charge in [-0.1, -0.05) is 54.6 Å². The lowest BCUT2D eigenvalue weighted by atomic mass is 10.1. The summed E-state index contributed by atoms with van der Waals surface area (Å²) in [5, 5.41) is 7.48. The minimum Gasteiger partial charge on any atom is -0.341 e. The van der Waals surface area contributed by atoms with Crippen molar-refractivity contribution in [2.24, 2.45) is 5.10 Å². The van der Waals surface area contributed by atoms with Gasteiger partial charge in [-0.3, -0.25) is 0 Å². The average molecular weight is 400 g/mol. The van der Waals surface area contributed by atoms with Crippen LogP contribution in [0.1, 0.15) is 24.8 Å². The number of hydrazone groups is 1. The summed E-state index contributed by atoms with van der Waals surface area (Å²) in [4.78, 5) is 15.9. The molecule has 0 unspecified atom stereocenters. The van der Waals surface area contributed by atoms with Gasteiger partial charge in [0.25, 0.3) is 0 Å². The number of allylic oxidation sites excluding steroid dienone is 1. The highest BCUT2D eigenvalue weighted by atomic mass is 15.4. The number of anilines is 4. The molecule has 0 spiro atoms. The van der Waals surface area contributed by atoms with Crippen molar-refractivity contribution in [1.29, 1.82) is 0 Å². The molecule has 2 N–H and O–H groups in total. The molecule has 7 heteroatoms. The van der Waals surface area contributed by atoms with Crippen LogP contribution >= 0.6 is 0 Å². The highest BCUT2D eigenvalue weighted by Gasteiger charge is 2.16. The SMILES string of the molecule is C(=C\c1ccccc1)/C=N/Nc1nc(Nc2ccccc2)nc(N2CCCCC2)n1. The maximum absolute atomic E-state index is 4.62. The number of nitrogens with one attached hydrogen (secondary N) is 2. The van der Waals surface area contributed by atoms with Crippen LogP contribution in [-0.4, -0.2) is 34.3 Å². The Labute approximate surface area is 176 Å². The quantitative estimate of drug-likeness (QED) is 0.442. The van der Waals surface area contributed by atoms with Gasteiger partial charge in [0, 0.05) is 25.0 Å². The molecule has 0 bridgehead atoms. The lowest BCUT2D eigenvalue weighted by Crippen LogP contribution is -2.31. The fourth-order valence-electron chi connectivity index (χ4n) is 3.21. The molecule has 2 aromatic carbocycles. The molecule has 1 aliphatic heterocycles. The first-order valence-electron chi connectivity index (χ1n) is 10.2. The molecule has 0 amide bonds. The Morgan fingerprint density at radius 2 is 1.50 bits per heavy atom. The summed E-state index contributed by atoms with van der Waals surface area (Å²) >= 11 is 0. The summed E-state index contributed by atoms with van der Waals surface area (Å²) in [6, 6.07) is 19.9. The fraction of sp³-hybridized carbons (Fsp3) is 0.217. The van der Waals surface area contributed by atoms with Gasteiger partial charge >= 0.3 is 0 Å². The monoisotopic (exact) mass is 399 g/mol. The zero-order valence-electron chi connectivity index (χ0n) is 16.8. The largest absolute Gasteiger partial charge is 0.341 e. The number of rotatable bonds is 7. The van der Waals surface area contributed by atoms with Crippen molar-refractivity contribution in [1.82, 2.24) is 15.0 Å². The number of piperidine rings is 1. The molecular weight excluding hydrogens is 374 g/mol. The molecule has 0 radical (unpaired) electrons. The van der Waals surface area contributed by atoms with Gasteiger partial charge in [0.1, 0.15) is 0 Å². The zero-order valence-corrected chi connectivity index (χ0v) is 16.8. The van der Waals surface area contributed by atoms with E-state index >= 15 is 0 Å². The molecule has 152 valence electrons. The molecule has 0 atom stereocenters. The van der Waals surface area contributed by atoms with Gasteiger partial charge in [-0.15, -0.1) is 0 Å². The van der Waals surface area contributed by atoms with Gasteiger partial charge in [-0.05, 0) is 43.0 Å². The van der Waals surface area contributed by atoms with Crippen LogP contribution in [0.4, 0.5) is 23.5 Å². The second-order valence-corrected chi connectivity index (χ2v) is 6.98. The van der Waals surface area contributed by atoms with Crippen LogP contribution in [0, 0.1) is 0 Å². The van der Waals surface area contributed by atoms with Gasteiger partial charge in [-0.25, -0.2) is 5.43 Å². The van der Waals surface area contributed by atoms with Crippen molar-refractivity contribution in [3.8, 4) is 0 Å². The molecule has 0 saturated carbocycles. The van der Waals surface area contributed by atoms with E-state index in [0.717, 1.165) is 37.2 Å². The van der Waals surface area contributed by atoms with Crippen LogP contribution in [0.5, 0.6) is 0 Å². The molecule has 4 rings (SSSR count). The molecule has 7 nitrogen and oxygen atoms in total. The Hall–Kier alpha value is -3.74. The number of nitrogens with zero attached hydrogens (tertiary/aromatic N) is 5. The lowest BCUT2D eigenvalue weighted by Gasteiger charge is -2.26. The second-order valence-electron chi connectivity index (χ2n) is 6.98. The predicted molar refractivity (Wildman–Crippen MR) is 123 cm³/mol. The number of aromatic nitrogens is 3. The maximum Gasteiger partial charge on any atom is 0.250 e. The molecule has 3 aromatic rings. The highest BCUT2D eigenvalue weighted by Crippen LogP contribution is 2.20. The zero-order chi connectivity index (χ0) is 20.4. The minimum absolute atomic E-state index is 0.411. The van der Waals surface area contributed by atoms with Gasteiger partial charge in [-0.2, -0.15) is 20.1 Å². The first kappa shape index (κ1) is 19.6. The molecule has 1 aliphatic rings. The van der Waals surface area contributed by atoms with Crippen molar-refractivity contribution in [2.45, 2.75) is 19.3 Å². The first-order valence-corrected chi connectivity index (χ1v) is 10.2. The van der Waals surface area contributed by atoms with Crippen LogP contribution in [-0.2, 0) is 0 Å². The van der Waals surface area contributed by atoms with Gasteiger partial charge in [0.15, 0.2) is 0 Å². The fourth-order valence-corrected chi connectivity index (χ4v) is 3.21. The molecule has 2 heterocycles. The summed E-state index contributed by atoms with van der Waals surface area (Å²) in [7, 11) is 0. The van der Waals surface area contributed by atoms with E-state index in [1.54, 1.807) is 6.21 Å². The van der Waals surface area contributed by atoms with E-state index in [2.05, 4.69) is 35.7 Å². The van der Waals surface area contributed by atoms with Gasteiger partial charge < -0.3 is 10.2 Å². The van der Waals surface area contributed by atoms with E-state index in [4.69, 9.17) is 0 Å². The highest BCUT2D eigenvalue weighted by molar-refractivity contribution is 5.78. The van der Waals surface area contributed by atoms with E-state index in [0.29, 0.717) is 17.8 Å². The van der Waals surface area contributed by atoms with Crippen LogP contribution in [0.2, 0.25) is 0 Å². The van der Waals surface area contributed by atoms with E-state index < -0.39 is 0 Å². The van der Waals surface area contributed by atoms with E-state index in [9.17, 15) is 0 Å². The van der Waals surface area contributed by atoms with Crippen LogP contribution in [0.3, 0.4) is 0 Å². The first-order chi connectivity index (χ1) is 14.9. The van der Waals surface area contributed by atoms with Gasteiger partial charge in [0.2, 0.25) is 17.8 Å². The smallest absolute Gasteiger partial charge is 0.250 e. The third-order valence-electron chi connectivity index (χ3n) is 4.71. The summed E-state index contributed by atoms with van der Waals surface area (Å²) in [6.45, 7) is 1.91. The van der Waals surface area contributed by atoms with E-state index in [1.807, 2.05) is 72.8 Å². The van der Waals surface area contributed by atoms with Crippen LogP contribution in [0.25, 0.3) is 6.08 Å². The number of hydrogen-bond donors (Lipinski definition) is 2. The topological polar surface area (TPSA) is 78.3 Å². The summed E-state index contributed by atoms with van der Waals surface area (Å²) < 4.78 is 0. The number of hydrogen-bond acceptors (Lipinski definition) is 7. The number of benzene rings is 2. The summed E-state index contributed by atoms with van der Waals surface area (Å²) in [6.07, 6.45) is 9.09. The molecule has 1 saturated heterocycles. The molecular formula is C23H25N7. The molecule has 1 aromatic heterocycles. The Kier molecular flexibility index (Phi) is 6.63. The second kappa shape index (κ2) is 10.2. The minimum atomic E-state index is 0.411. The molecule has 30 heavy (non-hydrogen) atoms. The average Bonchev–Trinajstić information content (AvgIpc) is 2.81. The summed E-state index contributed by atoms with van der Waals surface area (Å²) in [5.41, 5.74) is 4.97. The lowest BCUT2D eigenvalue weighted by molar-refractivity contribution is 0.568. The number of para-hydroxylation sites is 1. The third-order valence-corrected chi connectivity index (χ3v) is 4.71. The predicted octanol–water partition coefficient (Wildman–Crippen LogP) is 4.72. The Balaban J connectivity index is 1.49. The van der Waals surface area contributed by atoms with Crippen LogP contribution < -0.4 is 15.6 Å². The van der Waals surface area contributed by atoms with Crippen LogP contribution in [0.15, 0.2) is 71.8 Å². The van der Waals surface area contributed by atoms with Crippen molar-refractivity contribution < 1.29 is 0 Å². The van der Waals surface area contributed by atoms with Crippen molar-refractivity contribution in [3.63, 3.8) is 0 Å². The normalized spacial score (nSPS) is 14.3. The van der Waals surface area contributed by atoms with E-state index in [1.165, 1.54) is 6.42 Å². The van der Waals surface area contributed by atoms with Crippen molar-refractivity contribution in [2.75, 3.05) is 28.7 Å². The van der Waals surface area contributed by atoms with Crippen molar-refractivity contribution in [3.05, 3.63) is 72.3 Å². The Morgan fingerprint density at radius 1 is 0.800 bits per heavy atom. The Bertz CT molecular complexity index is 981. The van der Waals surface area contributed by atoms with Gasteiger partial charge in [0.05, 0.1) is 0 Å². The molecule has 0 aliphatic carbocycles. The molecule has 1 fully saturated rings. The third kappa shape index (κ3) is 5.64. The summed E-state index contributed by atoms with van der Waals surface area (Å²) in [5.74, 6) is 1.57. The van der Waals surface area contributed by atoms with E-state index in [-0.39, 0.29) is 0 Å². The van der Waals surface area contributed by atoms with Crippen molar-refractivity contribution >= 4 is 35.8 Å². The standard InChI is InChI=1S/C23H25N7/c1-4-11-19(12-5-1)13-10-16-24-29-22-26-21(25-20-14-6-2-7-15-20)27-23(28-22)30-17-8-3-9-18-30/h1-2,4-7,10-16H,3,8-9,17-18H2,(H2,25,26,27,28,29)/b13-10+,24-16+. The Morgan fingerprint density at radius 3 is 2.27 bits per heavy atom. The maximum atomic E-state index is 4.62.